The van der Waals surface area contributed by atoms with Crippen LogP contribution in [0, 0.1) is 22.9 Å². The molecule has 0 heterocycles. The fraction of sp³-hybridized carbons (Fsp3) is 0.500. The summed E-state index contributed by atoms with van der Waals surface area (Å²) in [6.45, 7) is 1.37. The van der Waals surface area contributed by atoms with Crippen LogP contribution < -0.4 is 5.32 Å². The monoisotopic (exact) mass is 296 g/mol. The van der Waals surface area contributed by atoms with E-state index in [-0.39, 0.29) is 16.8 Å². The lowest BCUT2D eigenvalue weighted by Gasteiger charge is -2.28. The smallest absolute Gasteiger partial charge is 0.270 e. The van der Waals surface area contributed by atoms with Crippen LogP contribution in [-0.4, -0.2) is 28.1 Å². The summed E-state index contributed by atoms with van der Waals surface area (Å²) in [5.41, 5.74) is -0.652. The van der Waals surface area contributed by atoms with Crippen LogP contribution in [0.15, 0.2) is 12.1 Å². The van der Waals surface area contributed by atoms with Gasteiger partial charge in [0.05, 0.1) is 22.6 Å². The number of benzene rings is 1. The number of aliphatic hydroxyl groups excluding tert-OH is 1. The molecule has 2 rings (SSSR count). The predicted molar refractivity (Wildman–Crippen MR) is 73.5 cm³/mol. The van der Waals surface area contributed by atoms with Gasteiger partial charge in [-0.15, -0.1) is 0 Å². The van der Waals surface area contributed by atoms with Gasteiger partial charge in [-0.2, -0.15) is 0 Å². The second kappa shape index (κ2) is 6.17. The van der Waals surface area contributed by atoms with Crippen LogP contribution in [0.1, 0.15) is 41.6 Å². The Kier molecular flexibility index (Phi) is 4.52. The second-order valence-electron chi connectivity index (χ2n) is 5.31. The molecule has 1 aromatic carbocycles. The molecule has 1 saturated carbocycles. The first kappa shape index (κ1) is 15.4. The number of nitrogens with one attached hydrogen (secondary N) is 1. The number of aliphatic hydroxyl groups is 1. The van der Waals surface area contributed by atoms with Gasteiger partial charge in [-0.3, -0.25) is 14.9 Å². The van der Waals surface area contributed by atoms with E-state index < -0.39 is 28.8 Å². The van der Waals surface area contributed by atoms with Gasteiger partial charge in [-0.05, 0) is 25.3 Å². The van der Waals surface area contributed by atoms with Crippen LogP contribution >= 0.6 is 0 Å². The number of carbonyl (C=O) groups is 1. The zero-order valence-electron chi connectivity index (χ0n) is 11.6. The topological polar surface area (TPSA) is 92.5 Å². The molecule has 0 aliphatic heterocycles. The normalized spacial score (nSPS) is 21.9. The lowest BCUT2D eigenvalue weighted by Crippen LogP contribution is -2.45. The van der Waals surface area contributed by atoms with E-state index in [4.69, 9.17) is 0 Å². The Morgan fingerprint density at radius 1 is 1.43 bits per heavy atom. The average Bonchev–Trinajstić information content (AvgIpc) is 2.43. The maximum absolute atomic E-state index is 14.0. The number of aryl methyl sites for hydroxylation is 1. The number of non-ortho nitro benzene ring substituents is 1. The molecule has 6 nitrogen and oxygen atoms in total. The first-order valence-electron chi connectivity index (χ1n) is 6.83. The van der Waals surface area contributed by atoms with E-state index >= 15 is 0 Å². The highest BCUT2D eigenvalue weighted by molar-refractivity contribution is 5.95. The molecule has 1 aliphatic carbocycles. The molecule has 1 fully saturated rings. The molecule has 0 radical (unpaired) electrons. The van der Waals surface area contributed by atoms with Crippen molar-refractivity contribution in [2.24, 2.45) is 0 Å². The van der Waals surface area contributed by atoms with E-state index in [1.165, 1.54) is 6.92 Å². The summed E-state index contributed by atoms with van der Waals surface area (Å²) in [5.74, 6) is -1.51. The Labute approximate surface area is 121 Å². The zero-order chi connectivity index (χ0) is 15.6. The number of carbonyl (C=O) groups excluding carboxylic acids is 1. The molecule has 2 atom stereocenters. The molecule has 2 N–H and O–H groups in total. The fourth-order valence-electron chi connectivity index (χ4n) is 2.55. The van der Waals surface area contributed by atoms with Crippen molar-refractivity contribution in [2.45, 2.75) is 44.8 Å². The largest absolute Gasteiger partial charge is 0.391 e. The molecule has 0 bridgehead atoms. The van der Waals surface area contributed by atoms with Crippen LogP contribution in [0.3, 0.4) is 0 Å². The molecular formula is C14H17FN2O4. The highest BCUT2D eigenvalue weighted by Gasteiger charge is 2.27. The molecule has 0 unspecified atom stereocenters. The Morgan fingerprint density at radius 3 is 2.71 bits per heavy atom. The molecule has 1 amide bonds. The molecule has 1 aliphatic rings. The van der Waals surface area contributed by atoms with Gasteiger partial charge in [-0.1, -0.05) is 12.8 Å². The highest BCUT2D eigenvalue weighted by Crippen LogP contribution is 2.23. The first-order chi connectivity index (χ1) is 9.90. The third-order valence-electron chi connectivity index (χ3n) is 3.74. The van der Waals surface area contributed by atoms with Gasteiger partial charge in [0.1, 0.15) is 5.82 Å². The van der Waals surface area contributed by atoms with Crippen LogP contribution in [0.2, 0.25) is 0 Å². The summed E-state index contributed by atoms with van der Waals surface area (Å²) in [6, 6.07) is 1.57. The predicted octanol–water partition coefficient (Wildman–Crippen LogP) is 2.08. The summed E-state index contributed by atoms with van der Waals surface area (Å²) < 4.78 is 14.0. The van der Waals surface area contributed by atoms with Crippen LogP contribution in [0.4, 0.5) is 10.1 Å². The number of amides is 1. The lowest BCUT2D eigenvalue weighted by molar-refractivity contribution is -0.385. The molecule has 0 saturated heterocycles. The number of nitro groups is 1. The summed E-state index contributed by atoms with van der Waals surface area (Å²) >= 11 is 0. The highest BCUT2D eigenvalue weighted by atomic mass is 19.1. The first-order valence-corrected chi connectivity index (χ1v) is 6.83. The van der Waals surface area contributed by atoms with Gasteiger partial charge in [0.15, 0.2) is 0 Å². The van der Waals surface area contributed by atoms with Crippen LogP contribution in [0.25, 0.3) is 0 Å². The van der Waals surface area contributed by atoms with Crippen molar-refractivity contribution >= 4 is 11.6 Å². The van der Waals surface area contributed by atoms with Gasteiger partial charge in [0.2, 0.25) is 0 Å². The SMILES string of the molecule is Cc1cc([N+](=O)[O-])cc(C(=O)N[C@H]2CCCC[C@@H]2O)c1F. The minimum absolute atomic E-state index is 0.0403. The van der Waals surface area contributed by atoms with Gasteiger partial charge in [0, 0.05) is 12.1 Å². The molecule has 114 valence electrons. The third-order valence-corrected chi connectivity index (χ3v) is 3.74. The Bertz CT molecular complexity index is 576. The molecule has 0 aromatic heterocycles. The van der Waals surface area contributed by atoms with Gasteiger partial charge in [0.25, 0.3) is 11.6 Å². The number of rotatable bonds is 3. The number of hydrogen-bond donors (Lipinski definition) is 2. The Hall–Kier alpha value is -2.02. The second-order valence-corrected chi connectivity index (χ2v) is 5.31. The molecular weight excluding hydrogens is 279 g/mol. The summed E-state index contributed by atoms with van der Waals surface area (Å²) in [7, 11) is 0. The number of halogens is 1. The zero-order valence-corrected chi connectivity index (χ0v) is 11.6. The maximum atomic E-state index is 14.0. The summed E-state index contributed by atoms with van der Waals surface area (Å²) in [5, 5.41) is 23.2. The van der Waals surface area contributed by atoms with Crippen LogP contribution in [-0.2, 0) is 0 Å². The van der Waals surface area contributed by atoms with Crippen molar-refractivity contribution in [3.8, 4) is 0 Å². The van der Waals surface area contributed by atoms with Crippen molar-refractivity contribution < 1.29 is 19.2 Å². The van der Waals surface area contributed by atoms with E-state index in [9.17, 15) is 24.4 Å². The maximum Gasteiger partial charge on any atom is 0.270 e. The number of nitro benzene ring substituents is 1. The van der Waals surface area contributed by atoms with Crippen molar-refractivity contribution in [3.63, 3.8) is 0 Å². The van der Waals surface area contributed by atoms with Crippen molar-refractivity contribution in [1.29, 1.82) is 0 Å². The molecule has 1 aromatic rings. The van der Waals surface area contributed by atoms with E-state index in [0.29, 0.717) is 12.8 Å². The fourth-order valence-corrected chi connectivity index (χ4v) is 2.55. The van der Waals surface area contributed by atoms with Crippen molar-refractivity contribution in [1.82, 2.24) is 5.32 Å². The standard InChI is InChI=1S/C14H17FN2O4/c1-8-6-9(17(20)21)7-10(13(8)15)14(19)16-11-4-2-3-5-12(11)18/h6-7,11-12,18H,2-5H2,1H3,(H,16,19)/t11-,12-/m0/s1. The minimum Gasteiger partial charge on any atom is -0.391 e. The molecule has 21 heavy (non-hydrogen) atoms. The molecule has 0 spiro atoms. The quantitative estimate of drug-likeness (QED) is 0.659. The minimum atomic E-state index is -0.775. The van der Waals surface area contributed by atoms with Gasteiger partial charge >= 0.3 is 0 Å². The lowest BCUT2D eigenvalue weighted by atomic mass is 9.92. The summed E-state index contributed by atoms with van der Waals surface area (Å²) in [6.07, 6.45) is 2.30. The van der Waals surface area contributed by atoms with E-state index in [0.717, 1.165) is 25.0 Å². The van der Waals surface area contributed by atoms with E-state index in [2.05, 4.69) is 5.32 Å². The molecule has 7 heteroatoms. The van der Waals surface area contributed by atoms with E-state index in [1.54, 1.807) is 0 Å². The van der Waals surface area contributed by atoms with Gasteiger partial charge < -0.3 is 10.4 Å². The van der Waals surface area contributed by atoms with Crippen molar-refractivity contribution in [3.05, 3.63) is 39.2 Å². The summed E-state index contributed by atoms with van der Waals surface area (Å²) in [4.78, 5) is 22.2. The number of hydrogen-bond acceptors (Lipinski definition) is 4. The van der Waals surface area contributed by atoms with Crippen LogP contribution in [0.5, 0.6) is 0 Å². The number of nitrogens with zero attached hydrogens (tertiary/aromatic N) is 1. The van der Waals surface area contributed by atoms with Crippen molar-refractivity contribution in [2.75, 3.05) is 0 Å². The van der Waals surface area contributed by atoms with Gasteiger partial charge in [-0.25, -0.2) is 4.39 Å². The van der Waals surface area contributed by atoms with E-state index in [1.807, 2.05) is 0 Å². The third kappa shape index (κ3) is 3.36. The average molecular weight is 296 g/mol. The Balaban J connectivity index is 2.24. The Morgan fingerprint density at radius 2 is 2.10 bits per heavy atom.